The van der Waals surface area contributed by atoms with Gasteiger partial charge in [-0.05, 0) is 48.7 Å². The number of hydrogen-bond donors (Lipinski definition) is 1. The first kappa shape index (κ1) is 25.1. The highest BCUT2D eigenvalue weighted by molar-refractivity contribution is 7.89. The van der Waals surface area contributed by atoms with E-state index in [4.69, 9.17) is 0 Å². The van der Waals surface area contributed by atoms with E-state index in [1.54, 1.807) is 24.3 Å². The molecule has 0 aliphatic rings. The molecule has 0 spiro atoms. The van der Waals surface area contributed by atoms with Gasteiger partial charge in [0.2, 0.25) is 10.0 Å². The SMILES string of the molecule is Cc1ccc(S(=O)(=O)N(CCc2ccccc2)CC(=O)N/N=C\c2ccc(N(C)C)cc2)cc1. The third-order valence-electron chi connectivity index (χ3n) is 5.28. The van der Waals surface area contributed by atoms with Crippen molar-refractivity contribution in [3.8, 4) is 0 Å². The van der Waals surface area contributed by atoms with E-state index in [-0.39, 0.29) is 18.0 Å². The zero-order chi connectivity index (χ0) is 24.6. The quantitative estimate of drug-likeness (QED) is 0.358. The fourth-order valence-corrected chi connectivity index (χ4v) is 4.67. The molecule has 0 saturated carbocycles. The minimum Gasteiger partial charge on any atom is -0.378 e. The van der Waals surface area contributed by atoms with Gasteiger partial charge in [0.15, 0.2) is 0 Å². The maximum atomic E-state index is 13.3. The van der Waals surface area contributed by atoms with Gasteiger partial charge in [0.05, 0.1) is 17.7 Å². The first-order valence-electron chi connectivity index (χ1n) is 11.0. The summed E-state index contributed by atoms with van der Waals surface area (Å²) < 4.78 is 27.8. The largest absolute Gasteiger partial charge is 0.378 e. The van der Waals surface area contributed by atoms with Gasteiger partial charge in [0.1, 0.15) is 0 Å². The van der Waals surface area contributed by atoms with Gasteiger partial charge in [0.25, 0.3) is 5.91 Å². The van der Waals surface area contributed by atoms with Crippen LogP contribution in [0, 0.1) is 6.92 Å². The summed E-state index contributed by atoms with van der Waals surface area (Å²) in [5, 5.41) is 3.99. The number of carbonyl (C=O) groups is 1. The number of rotatable bonds is 10. The van der Waals surface area contributed by atoms with Crippen molar-refractivity contribution in [3.05, 3.63) is 95.6 Å². The molecule has 7 nitrogen and oxygen atoms in total. The molecule has 0 atom stereocenters. The molecule has 1 amide bonds. The van der Waals surface area contributed by atoms with Gasteiger partial charge in [-0.25, -0.2) is 13.8 Å². The summed E-state index contributed by atoms with van der Waals surface area (Å²) in [6, 6.07) is 23.9. The van der Waals surface area contributed by atoms with Gasteiger partial charge >= 0.3 is 0 Å². The van der Waals surface area contributed by atoms with Gasteiger partial charge in [-0.15, -0.1) is 0 Å². The van der Waals surface area contributed by atoms with E-state index in [1.165, 1.54) is 10.5 Å². The van der Waals surface area contributed by atoms with E-state index in [0.717, 1.165) is 22.4 Å². The standard InChI is InChI=1S/C26H30N4O3S/c1-21-9-15-25(16-10-21)34(32,33)30(18-17-22-7-5-4-6-8-22)20-26(31)28-27-19-23-11-13-24(14-12-23)29(2)3/h4-16,19H,17-18,20H2,1-3H3,(H,28,31)/b27-19-. The minimum absolute atomic E-state index is 0.156. The lowest BCUT2D eigenvalue weighted by Crippen LogP contribution is -2.40. The van der Waals surface area contributed by atoms with Crippen LogP contribution < -0.4 is 10.3 Å². The van der Waals surface area contributed by atoms with Crippen molar-refractivity contribution in [2.75, 3.05) is 32.1 Å². The highest BCUT2D eigenvalue weighted by Crippen LogP contribution is 2.17. The third-order valence-corrected chi connectivity index (χ3v) is 7.14. The molecule has 0 heterocycles. The van der Waals surface area contributed by atoms with E-state index in [2.05, 4.69) is 10.5 Å². The van der Waals surface area contributed by atoms with Crippen LogP contribution in [-0.4, -0.2) is 52.0 Å². The zero-order valence-electron chi connectivity index (χ0n) is 19.7. The first-order valence-corrected chi connectivity index (χ1v) is 12.4. The van der Waals surface area contributed by atoms with Crippen molar-refractivity contribution in [2.45, 2.75) is 18.2 Å². The Morgan fingerprint density at radius 3 is 2.21 bits per heavy atom. The molecule has 0 fully saturated rings. The van der Waals surface area contributed by atoms with Gasteiger partial charge < -0.3 is 4.90 Å². The summed E-state index contributed by atoms with van der Waals surface area (Å²) in [6.45, 7) is 1.73. The molecule has 0 bridgehead atoms. The van der Waals surface area contributed by atoms with Gasteiger partial charge in [-0.2, -0.15) is 9.41 Å². The van der Waals surface area contributed by atoms with Crippen LogP contribution in [0.1, 0.15) is 16.7 Å². The fourth-order valence-electron chi connectivity index (χ4n) is 3.27. The topological polar surface area (TPSA) is 82.1 Å². The molecule has 0 aliphatic carbocycles. The smallest absolute Gasteiger partial charge is 0.255 e. The maximum absolute atomic E-state index is 13.3. The summed E-state index contributed by atoms with van der Waals surface area (Å²) in [7, 11) is 0.0546. The van der Waals surface area contributed by atoms with E-state index in [1.807, 2.05) is 80.5 Å². The average molecular weight is 479 g/mol. The van der Waals surface area contributed by atoms with Crippen LogP contribution in [0.25, 0.3) is 0 Å². The molecule has 178 valence electrons. The van der Waals surface area contributed by atoms with Crippen LogP contribution >= 0.6 is 0 Å². The van der Waals surface area contributed by atoms with E-state index < -0.39 is 15.9 Å². The Morgan fingerprint density at radius 2 is 1.59 bits per heavy atom. The number of benzene rings is 3. The lowest BCUT2D eigenvalue weighted by Gasteiger charge is -2.21. The predicted octanol–water partition coefficient (Wildman–Crippen LogP) is 3.44. The van der Waals surface area contributed by atoms with Gasteiger partial charge in [0, 0.05) is 26.3 Å². The number of hydrogen-bond acceptors (Lipinski definition) is 5. The number of sulfonamides is 1. The second-order valence-corrected chi connectivity index (χ2v) is 10.1. The van der Waals surface area contributed by atoms with Gasteiger partial charge in [-0.3, -0.25) is 4.79 Å². The molecule has 34 heavy (non-hydrogen) atoms. The van der Waals surface area contributed by atoms with Crippen LogP contribution in [0.2, 0.25) is 0 Å². The molecular formula is C26H30N4O3S. The molecule has 0 saturated heterocycles. The summed E-state index contributed by atoms with van der Waals surface area (Å²) >= 11 is 0. The average Bonchev–Trinajstić information content (AvgIpc) is 2.83. The molecule has 0 unspecified atom stereocenters. The molecular weight excluding hydrogens is 448 g/mol. The Hall–Kier alpha value is -3.49. The van der Waals surface area contributed by atoms with E-state index in [0.29, 0.717) is 6.42 Å². The lowest BCUT2D eigenvalue weighted by molar-refractivity contribution is -0.121. The zero-order valence-corrected chi connectivity index (χ0v) is 20.5. The lowest BCUT2D eigenvalue weighted by atomic mass is 10.1. The van der Waals surface area contributed by atoms with Crippen molar-refractivity contribution in [3.63, 3.8) is 0 Å². The van der Waals surface area contributed by atoms with E-state index >= 15 is 0 Å². The van der Waals surface area contributed by atoms with Crippen molar-refractivity contribution in [2.24, 2.45) is 5.10 Å². The second kappa shape index (κ2) is 11.6. The van der Waals surface area contributed by atoms with Crippen molar-refractivity contribution in [1.29, 1.82) is 0 Å². The molecule has 8 heteroatoms. The first-order chi connectivity index (χ1) is 16.3. The molecule has 1 N–H and O–H groups in total. The van der Waals surface area contributed by atoms with Crippen LogP contribution in [-0.2, 0) is 21.2 Å². The summed E-state index contributed by atoms with van der Waals surface area (Å²) in [6.07, 6.45) is 2.01. The predicted molar refractivity (Wildman–Crippen MR) is 137 cm³/mol. The van der Waals surface area contributed by atoms with E-state index in [9.17, 15) is 13.2 Å². The number of nitrogens with zero attached hydrogens (tertiary/aromatic N) is 3. The number of hydrazone groups is 1. The number of amides is 1. The summed E-state index contributed by atoms with van der Waals surface area (Å²) in [5.74, 6) is -0.509. The van der Waals surface area contributed by atoms with Crippen molar-refractivity contribution in [1.82, 2.24) is 9.73 Å². The summed E-state index contributed by atoms with van der Waals surface area (Å²) in [4.78, 5) is 14.7. The highest BCUT2D eigenvalue weighted by Gasteiger charge is 2.26. The maximum Gasteiger partial charge on any atom is 0.255 e. The minimum atomic E-state index is -3.86. The fraction of sp³-hybridized carbons (Fsp3) is 0.231. The molecule has 0 radical (unpaired) electrons. The monoisotopic (exact) mass is 478 g/mol. The normalized spacial score (nSPS) is 11.6. The van der Waals surface area contributed by atoms with Crippen LogP contribution in [0.15, 0.2) is 88.9 Å². The highest BCUT2D eigenvalue weighted by atomic mass is 32.2. The molecule has 0 aromatic heterocycles. The summed E-state index contributed by atoms with van der Waals surface area (Å²) in [5.41, 5.74) is 6.27. The molecule has 0 aliphatic heterocycles. The molecule has 3 aromatic rings. The number of carbonyl (C=O) groups excluding carboxylic acids is 1. The van der Waals surface area contributed by atoms with Crippen molar-refractivity contribution >= 4 is 27.8 Å². The van der Waals surface area contributed by atoms with Gasteiger partial charge in [-0.1, -0.05) is 60.2 Å². The Morgan fingerprint density at radius 1 is 0.941 bits per heavy atom. The number of anilines is 1. The third kappa shape index (κ3) is 7.00. The second-order valence-electron chi connectivity index (χ2n) is 8.17. The Kier molecular flexibility index (Phi) is 8.56. The van der Waals surface area contributed by atoms with Crippen LogP contribution in [0.5, 0.6) is 0 Å². The van der Waals surface area contributed by atoms with Crippen molar-refractivity contribution < 1.29 is 13.2 Å². The Bertz CT molecular complexity index is 1210. The molecule has 3 aromatic carbocycles. The van der Waals surface area contributed by atoms with Crippen LogP contribution in [0.3, 0.4) is 0 Å². The Labute approximate surface area is 201 Å². The number of nitrogens with one attached hydrogen (secondary N) is 1. The number of aryl methyl sites for hydroxylation is 1. The van der Waals surface area contributed by atoms with Crippen LogP contribution in [0.4, 0.5) is 5.69 Å². The Balaban J connectivity index is 1.70. The molecule has 3 rings (SSSR count).